The summed E-state index contributed by atoms with van der Waals surface area (Å²) in [6, 6.07) is 5.72. The van der Waals surface area contributed by atoms with Crippen LogP contribution < -0.4 is 0 Å². The molecule has 0 saturated carbocycles. The van der Waals surface area contributed by atoms with E-state index in [1.807, 2.05) is 32.3 Å². The molecule has 0 radical (unpaired) electrons. The summed E-state index contributed by atoms with van der Waals surface area (Å²) in [5.74, 6) is 0.820. The van der Waals surface area contributed by atoms with E-state index in [4.69, 9.17) is 11.6 Å². The SMILES string of the molecule is C[C@H](Sc1nc2cc(Cl)ccc2n1C)c1nnnn1C. The molecule has 3 aromatic rings. The lowest BCUT2D eigenvalue weighted by Crippen LogP contribution is -2.02. The zero-order chi connectivity index (χ0) is 14.3. The van der Waals surface area contributed by atoms with Gasteiger partial charge in [-0.15, -0.1) is 5.10 Å². The van der Waals surface area contributed by atoms with Crippen LogP contribution in [0.1, 0.15) is 18.0 Å². The molecule has 2 aromatic heterocycles. The van der Waals surface area contributed by atoms with Gasteiger partial charge in [-0.25, -0.2) is 9.67 Å². The molecule has 0 aliphatic heterocycles. The van der Waals surface area contributed by atoms with E-state index < -0.39 is 0 Å². The molecule has 0 unspecified atom stereocenters. The van der Waals surface area contributed by atoms with E-state index in [1.165, 1.54) is 0 Å². The summed E-state index contributed by atoms with van der Waals surface area (Å²) in [5.41, 5.74) is 1.95. The summed E-state index contributed by atoms with van der Waals surface area (Å²) in [7, 11) is 3.83. The fraction of sp³-hybridized carbons (Fsp3) is 0.333. The third kappa shape index (κ3) is 2.27. The molecule has 0 N–H and O–H groups in total. The number of rotatable bonds is 3. The summed E-state index contributed by atoms with van der Waals surface area (Å²) in [6.07, 6.45) is 0. The van der Waals surface area contributed by atoms with E-state index in [-0.39, 0.29) is 5.25 Å². The van der Waals surface area contributed by atoms with Crippen molar-refractivity contribution in [3.8, 4) is 0 Å². The Bertz CT molecular complexity index is 764. The summed E-state index contributed by atoms with van der Waals surface area (Å²) in [5, 5.41) is 13.3. The zero-order valence-corrected chi connectivity index (χ0v) is 12.9. The third-order valence-electron chi connectivity index (χ3n) is 3.10. The normalized spacial score (nSPS) is 13.0. The fourth-order valence-electron chi connectivity index (χ4n) is 2.05. The molecular weight excluding hydrogens is 296 g/mol. The van der Waals surface area contributed by atoms with Crippen molar-refractivity contribution in [1.82, 2.24) is 29.8 Å². The average Bonchev–Trinajstić information content (AvgIpc) is 2.95. The Morgan fingerprint density at radius 3 is 2.80 bits per heavy atom. The van der Waals surface area contributed by atoms with E-state index in [0.29, 0.717) is 5.02 Å². The summed E-state index contributed by atoms with van der Waals surface area (Å²) >= 11 is 7.62. The van der Waals surface area contributed by atoms with Crippen molar-refractivity contribution in [3.05, 3.63) is 29.0 Å². The molecule has 0 bridgehead atoms. The quantitative estimate of drug-likeness (QED) is 0.696. The van der Waals surface area contributed by atoms with E-state index in [9.17, 15) is 0 Å². The molecule has 0 aliphatic rings. The first kappa shape index (κ1) is 13.4. The van der Waals surface area contributed by atoms with Crippen LogP contribution in [-0.2, 0) is 14.1 Å². The molecule has 1 atom stereocenters. The van der Waals surface area contributed by atoms with Crippen LogP contribution >= 0.6 is 23.4 Å². The highest BCUT2D eigenvalue weighted by Crippen LogP contribution is 2.34. The molecule has 0 fully saturated rings. The molecule has 0 spiro atoms. The van der Waals surface area contributed by atoms with Gasteiger partial charge >= 0.3 is 0 Å². The molecular formula is C12H13ClN6S. The van der Waals surface area contributed by atoms with Crippen LogP contribution in [0.2, 0.25) is 5.02 Å². The highest BCUT2D eigenvalue weighted by atomic mass is 35.5. The second-order valence-corrected chi connectivity index (χ2v) is 6.25. The lowest BCUT2D eigenvalue weighted by atomic mass is 10.3. The minimum atomic E-state index is 0.112. The van der Waals surface area contributed by atoms with Crippen LogP contribution in [0, 0.1) is 0 Å². The molecule has 0 saturated heterocycles. The van der Waals surface area contributed by atoms with Gasteiger partial charge in [0.25, 0.3) is 0 Å². The number of nitrogens with zero attached hydrogens (tertiary/aromatic N) is 6. The molecule has 2 heterocycles. The molecule has 1 aromatic carbocycles. The predicted octanol–water partition coefficient (Wildman–Crippen LogP) is 2.60. The van der Waals surface area contributed by atoms with Gasteiger partial charge in [-0.2, -0.15) is 0 Å². The van der Waals surface area contributed by atoms with Gasteiger partial charge in [-0.1, -0.05) is 23.4 Å². The van der Waals surface area contributed by atoms with Gasteiger partial charge in [0, 0.05) is 19.1 Å². The maximum Gasteiger partial charge on any atom is 0.169 e. The Morgan fingerprint density at radius 1 is 1.30 bits per heavy atom. The van der Waals surface area contributed by atoms with Crippen molar-refractivity contribution >= 4 is 34.4 Å². The second kappa shape index (κ2) is 5.06. The van der Waals surface area contributed by atoms with E-state index in [0.717, 1.165) is 22.0 Å². The molecule has 6 nitrogen and oxygen atoms in total. The molecule has 104 valence electrons. The molecule has 8 heteroatoms. The topological polar surface area (TPSA) is 61.4 Å². The van der Waals surface area contributed by atoms with Crippen LogP contribution in [0.15, 0.2) is 23.4 Å². The molecule has 20 heavy (non-hydrogen) atoms. The number of fused-ring (bicyclic) bond motifs is 1. The monoisotopic (exact) mass is 308 g/mol. The largest absolute Gasteiger partial charge is 0.322 e. The number of imidazole rings is 1. The van der Waals surface area contributed by atoms with Gasteiger partial charge in [0.2, 0.25) is 0 Å². The Kier molecular flexibility index (Phi) is 3.39. The van der Waals surface area contributed by atoms with Gasteiger partial charge in [-0.05, 0) is 35.5 Å². The first-order chi connectivity index (χ1) is 9.56. The van der Waals surface area contributed by atoms with E-state index in [1.54, 1.807) is 16.4 Å². The number of hydrogen-bond donors (Lipinski definition) is 0. The molecule has 3 rings (SSSR count). The smallest absolute Gasteiger partial charge is 0.169 e. The molecule has 0 aliphatic carbocycles. The Hall–Kier alpha value is -1.60. The average molecular weight is 309 g/mol. The van der Waals surface area contributed by atoms with Gasteiger partial charge in [0.05, 0.1) is 16.3 Å². The van der Waals surface area contributed by atoms with Gasteiger partial charge < -0.3 is 4.57 Å². The van der Waals surface area contributed by atoms with Crippen LogP contribution in [0.5, 0.6) is 0 Å². The van der Waals surface area contributed by atoms with Crippen molar-refractivity contribution in [2.75, 3.05) is 0 Å². The minimum absolute atomic E-state index is 0.112. The van der Waals surface area contributed by atoms with Crippen molar-refractivity contribution in [3.63, 3.8) is 0 Å². The van der Waals surface area contributed by atoms with E-state index >= 15 is 0 Å². The van der Waals surface area contributed by atoms with Crippen molar-refractivity contribution < 1.29 is 0 Å². The number of aryl methyl sites for hydroxylation is 2. The number of benzene rings is 1. The van der Waals surface area contributed by atoms with Crippen LogP contribution in [-0.4, -0.2) is 29.8 Å². The predicted molar refractivity (Wildman–Crippen MR) is 78.8 cm³/mol. The number of hydrogen-bond acceptors (Lipinski definition) is 5. The van der Waals surface area contributed by atoms with Crippen molar-refractivity contribution in [1.29, 1.82) is 0 Å². The van der Waals surface area contributed by atoms with Crippen molar-refractivity contribution in [2.24, 2.45) is 14.1 Å². The lowest BCUT2D eigenvalue weighted by Gasteiger charge is -2.08. The highest BCUT2D eigenvalue weighted by molar-refractivity contribution is 7.99. The fourth-order valence-corrected chi connectivity index (χ4v) is 3.24. The summed E-state index contributed by atoms with van der Waals surface area (Å²) < 4.78 is 3.73. The van der Waals surface area contributed by atoms with Gasteiger partial charge in [0.15, 0.2) is 11.0 Å². The Balaban J connectivity index is 1.95. The van der Waals surface area contributed by atoms with Crippen LogP contribution in [0.3, 0.4) is 0 Å². The minimum Gasteiger partial charge on any atom is -0.322 e. The highest BCUT2D eigenvalue weighted by Gasteiger charge is 2.17. The zero-order valence-electron chi connectivity index (χ0n) is 11.3. The van der Waals surface area contributed by atoms with Crippen molar-refractivity contribution in [2.45, 2.75) is 17.3 Å². The van der Waals surface area contributed by atoms with E-state index in [2.05, 4.69) is 32.0 Å². The Morgan fingerprint density at radius 2 is 2.10 bits per heavy atom. The number of aromatic nitrogens is 6. The summed E-state index contributed by atoms with van der Waals surface area (Å²) in [4.78, 5) is 4.62. The summed E-state index contributed by atoms with van der Waals surface area (Å²) in [6.45, 7) is 2.06. The maximum absolute atomic E-state index is 6.00. The van der Waals surface area contributed by atoms with Crippen LogP contribution in [0.25, 0.3) is 11.0 Å². The van der Waals surface area contributed by atoms with Crippen LogP contribution in [0.4, 0.5) is 0 Å². The number of halogens is 1. The lowest BCUT2D eigenvalue weighted by molar-refractivity contribution is 0.677. The molecule has 0 amide bonds. The first-order valence-electron chi connectivity index (χ1n) is 6.07. The number of tetrazole rings is 1. The van der Waals surface area contributed by atoms with Gasteiger partial charge in [0.1, 0.15) is 0 Å². The third-order valence-corrected chi connectivity index (χ3v) is 4.48. The Labute approximate surface area is 125 Å². The number of thioether (sulfide) groups is 1. The second-order valence-electron chi connectivity index (χ2n) is 4.51. The standard InChI is InChI=1S/C12H13ClN6S/c1-7(11-15-16-17-19(11)3)20-12-14-9-6-8(13)4-5-10(9)18(12)2/h4-7H,1-3H3/t7-/m0/s1. The first-order valence-corrected chi connectivity index (χ1v) is 7.33. The maximum atomic E-state index is 6.00. The van der Waals surface area contributed by atoms with Gasteiger partial charge in [-0.3, -0.25) is 0 Å².